The first-order valence-corrected chi connectivity index (χ1v) is 8.66. The van der Waals surface area contributed by atoms with Crippen molar-refractivity contribution in [3.8, 4) is 0 Å². The second-order valence-electron chi connectivity index (χ2n) is 4.65. The van der Waals surface area contributed by atoms with Crippen LogP contribution >= 0.6 is 15.9 Å². The minimum absolute atomic E-state index is 0.349. The quantitative estimate of drug-likeness (QED) is 0.891. The van der Waals surface area contributed by atoms with Gasteiger partial charge in [0.15, 0.2) is 0 Å². The van der Waals surface area contributed by atoms with Gasteiger partial charge in [-0.15, -0.1) is 0 Å². The number of nitrogens with one attached hydrogen (secondary N) is 1. The second kappa shape index (κ2) is 5.79. The maximum Gasteiger partial charge on any atom is 0.242 e. The van der Waals surface area contributed by atoms with Crippen LogP contribution in [0, 0.1) is 5.82 Å². The highest BCUT2D eigenvalue weighted by Gasteiger charge is 2.36. The maximum atomic E-state index is 13.0. The molecule has 2 rings (SSSR count). The molecule has 0 aliphatic carbocycles. The molecule has 8 heteroatoms. The standard InChI is InChI=1S/C12H14BrFN2O3S/c1-20(18,19)16-6-2-3-11(16)12(17)15-10-5-4-8(14)7-9(10)13/h4-5,7,11H,2-3,6H2,1H3,(H,15,17). The first-order chi connectivity index (χ1) is 9.29. The van der Waals surface area contributed by atoms with E-state index >= 15 is 0 Å². The van der Waals surface area contributed by atoms with Crippen LogP contribution in [0.3, 0.4) is 0 Å². The van der Waals surface area contributed by atoms with Gasteiger partial charge in [0.2, 0.25) is 15.9 Å². The number of halogens is 2. The second-order valence-corrected chi connectivity index (χ2v) is 7.43. The van der Waals surface area contributed by atoms with Crippen LogP contribution in [0.5, 0.6) is 0 Å². The van der Waals surface area contributed by atoms with Crippen LogP contribution in [0.2, 0.25) is 0 Å². The number of hydrogen-bond donors (Lipinski definition) is 1. The molecule has 0 bridgehead atoms. The van der Waals surface area contributed by atoms with Crippen LogP contribution in [-0.4, -0.2) is 37.5 Å². The fourth-order valence-corrected chi connectivity index (χ4v) is 3.78. The molecule has 1 aromatic carbocycles. The average Bonchev–Trinajstić information content (AvgIpc) is 2.81. The third kappa shape index (κ3) is 3.36. The summed E-state index contributed by atoms with van der Waals surface area (Å²) in [5, 5.41) is 2.62. The Morgan fingerprint density at radius 1 is 1.50 bits per heavy atom. The predicted octanol–water partition coefficient (Wildman–Crippen LogP) is 1.95. The topological polar surface area (TPSA) is 66.5 Å². The summed E-state index contributed by atoms with van der Waals surface area (Å²) < 4.78 is 37.8. The Labute approximate surface area is 125 Å². The third-order valence-corrected chi connectivity index (χ3v) is 5.07. The van der Waals surface area contributed by atoms with E-state index in [0.717, 1.165) is 6.26 Å². The van der Waals surface area contributed by atoms with E-state index in [2.05, 4.69) is 21.2 Å². The van der Waals surface area contributed by atoms with Crippen LogP contribution in [0.25, 0.3) is 0 Å². The van der Waals surface area contributed by atoms with Crippen LogP contribution in [0.15, 0.2) is 22.7 Å². The molecule has 0 spiro atoms. The lowest BCUT2D eigenvalue weighted by molar-refractivity contribution is -0.119. The van der Waals surface area contributed by atoms with Gasteiger partial charge in [0, 0.05) is 11.0 Å². The molecule has 1 unspecified atom stereocenters. The van der Waals surface area contributed by atoms with Crippen molar-refractivity contribution < 1.29 is 17.6 Å². The predicted molar refractivity (Wildman–Crippen MR) is 77.3 cm³/mol. The lowest BCUT2D eigenvalue weighted by atomic mass is 10.2. The molecule has 1 aliphatic rings. The summed E-state index contributed by atoms with van der Waals surface area (Å²) in [7, 11) is -3.41. The van der Waals surface area contributed by atoms with E-state index in [1.165, 1.54) is 22.5 Å². The van der Waals surface area contributed by atoms with E-state index in [0.29, 0.717) is 29.5 Å². The number of amides is 1. The SMILES string of the molecule is CS(=O)(=O)N1CCCC1C(=O)Nc1ccc(F)cc1Br. The van der Waals surface area contributed by atoms with Crippen LogP contribution in [-0.2, 0) is 14.8 Å². The van der Waals surface area contributed by atoms with Crippen molar-refractivity contribution in [1.82, 2.24) is 4.31 Å². The highest BCUT2D eigenvalue weighted by Crippen LogP contribution is 2.26. The van der Waals surface area contributed by atoms with Crippen molar-refractivity contribution in [2.45, 2.75) is 18.9 Å². The number of benzene rings is 1. The number of carbonyl (C=O) groups is 1. The smallest absolute Gasteiger partial charge is 0.242 e. The van der Waals surface area contributed by atoms with Gasteiger partial charge >= 0.3 is 0 Å². The molecular weight excluding hydrogens is 351 g/mol. The van der Waals surface area contributed by atoms with Gasteiger partial charge in [0.1, 0.15) is 11.9 Å². The van der Waals surface area contributed by atoms with Crippen LogP contribution < -0.4 is 5.32 Å². The van der Waals surface area contributed by atoms with Crippen molar-refractivity contribution in [2.75, 3.05) is 18.1 Å². The van der Waals surface area contributed by atoms with Crippen molar-refractivity contribution in [3.05, 3.63) is 28.5 Å². The Balaban J connectivity index is 2.16. The third-order valence-electron chi connectivity index (χ3n) is 3.12. The van der Waals surface area contributed by atoms with Gasteiger partial charge in [-0.3, -0.25) is 4.79 Å². The molecule has 1 fully saturated rings. The van der Waals surface area contributed by atoms with Gasteiger partial charge in [-0.1, -0.05) is 0 Å². The molecule has 5 nitrogen and oxygen atoms in total. The molecule has 1 N–H and O–H groups in total. The lowest BCUT2D eigenvalue weighted by Crippen LogP contribution is -2.42. The average molecular weight is 365 g/mol. The van der Waals surface area contributed by atoms with Gasteiger partial charge in [-0.25, -0.2) is 12.8 Å². The van der Waals surface area contributed by atoms with E-state index in [4.69, 9.17) is 0 Å². The van der Waals surface area contributed by atoms with E-state index in [1.807, 2.05) is 0 Å². The zero-order chi connectivity index (χ0) is 14.9. The Kier molecular flexibility index (Phi) is 4.46. The fraction of sp³-hybridized carbons (Fsp3) is 0.417. The van der Waals surface area contributed by atoms with Crippen LogP contribution in [0.1, 0.15) is 12.8 Å². The lowest BCUT2D eigenvalue weighted by Gasteiger charge is -2.21. The Hall–Kier alpha value is -0.990. The molecule has 1 heterocycles. The summed E-state index contributed by atoms with van der Waals surface area (Å²) in [5.41, 5.74) is 0.414. The van der Waals surface area contributed by atoms with Gasteiger partial charge < -0.3 is 5.32 Å². The van der Waals surface area contributed by atoms with E-state index < -0.39 is 27.8 Å². The Bertz CT molecular complexity index is 636. The van der Waals surface area contributed by atoms with E-state index in [1.54, 1.807) is 0 Å². The summed E-state index contributed by atoms with van der Waals surface area (Å²) in [4.78, 5) is 12.2. The summed E-state index contributed by atoms with van der Waals surface area (Å²) in [5.74, 6) is -0.825. The van der Waals surface area contributed by atoms with Crippen molar-refractivity contribution in [2.24, 2.45) is 0 Å². The zero-order valence-corrected chi connectivity index (χ0v) is 13.2. The largest absolute Gasteiger partial charge is 0.324 e. The van der Waals surface area contributed by atoms with Crippen molar-refractivity contribution in [1.29, 1.82) is 0 Å². The summed E-state index contributed by atoms with van der Waals surface area (Å²) in [6, 6.07) is 3.18. The van der Waals surface area contributed by atoms with Crippen molar-refractivity contribution in [3.63, 3.8) is 0 Å². The van der Waals surface area contributed by atoms with Gasteiger partial charge in [0.25, 0.3) is 0 Å². The number of nitrogens with zero attached hydrogens (tertiary/aromatic N) is 1. The molecule has 0 aromatic heterocycles. The van der Waals surface area contributed by atoms with E-state index in [-0.39, 0.29) is 0 Å². The molecule has 1 amide bonds. The highest BCUT2D eigenvalue weighted by atomic mass is 79.9. The number of anilines is 1. The van der Waals surface area contributed by atoms with Crippen molar-refractivity contribution >= 4 is 37.5 Å². The monoisotopic (exact) mass is 364 g/mol. The number of sulfonamides is 1. The summed E-state index contributed by atoms with van der Waals surface area (Å²) in [6.45, 7) is 0.349. The molecule has 0 radical (unpaired) electrons. The molecule has 20 heavy (non-hydrogen) atoms. The normalized spacial score (nSPS) is 20.1. The number of carbonyl (C=O) groups excluding carboxylic acids is 1. The molecule has 1 aromatic rings. The highest BCUT2D eigenvalue weighted by molar-refractivity contribution is 9.10. The maximum absolute atomic E-state index is 13.0. The van der Waals surface area contributed by atoms with Crippen LogP contribution in [0.4, 0.5) is 10.1 Å². The minimum atomic E-state index is -3.41. The Morgan fingerprint density at radius 3 is 2.80 bits per heavy atom. The first kappa shape index (κ1) is 15.4. The van der Waals surface area contributed by atoms with E-state index in [9.17, 15) is 17.6 Å². The fourth-order valence-electron chi connectivity index (χ4n) is 2.21. The Morgan fingerprint density at radius 2 is 2.20 bits per heavy atom. The first-order valence-electron chi connectivity index (χ1n) is 6.02. The number of hydrogen-bond acceptors (Lipinski definition) is 3. The minimum Gasteiger partial charge on any atom is -0.324 e. The van der Waals surface area contributed by atoms with Gasteiger partial charge in [-0.05, 0) is 47.0 Å². The molecule has 1 atom stereocenters. The molecule has 110 valence electrons. The molecule has 1 aliphatic heterocycles. The zero-order valence-electron chi connectivity index (χ0n) is 10.8. The van der Waals surface area contributed by atoms with Gasteiger partial charge in [-0.2, -0.15) is 4.31 Å². The summed E-state index contributed by atoms with van der Waals surface area (Å²) >= 11 is 3.15. The van der Waals surface area contributed by atoms with Gasteiger partial charge in [0.05, 0.1) is 11.9 Å². The molecular formula is C12H14BrFN2O3S. The molecule has 0 saturated carbocycles. The number of rotatable bonds is 3. The molecule has 1 saturated heterocycles. The summed E-state index contributed by atoms with van der Waals surface area (Å²) in [6.07, 6.45) is 2.22.